The highest BCUT2D eigenvalue weighted by Gasteiger charge is 2.34. The smallest absolute Gasteiger partial charge is 0.262 e. The van der Waals surface area contributed by atoms with Crippen LogP contribution in [-0.4, -0.2) is 29.4 Å². The molecule has 1 atom stereocenters. The first-order valence-electron chi connectivity index (χ1n) is 9.59. The minimum atomic E-state index is -4.47. The number of fused-ring (bicyclic) bond motifs is 5. The second-order valence-corrected chi connectivity index (χ2v) is 8.65. The van der Waals surface area contributed by atoms with Crippen molar-refractivity contribution in [2.75, 3.05) is 0 Å². The van der Waals surface area contributed by atoms with E-state index in [1.54, 1.807) is 29.1 Å². The summed E-state index contributed by atoms with van der Waals surface area (Å²) in [6.45, 7) is 3.90. The molecule has 1 aliphatic carbocycles. The van der Waals surface area contributed by atoms with E-state index in [2.05, 4.69) is 27.1 Å². The van der Waals surface area contributed by atoms with E-state index in [0.717, 1.165) is 41.2 Å². The maximum Gasteiger partial charge on any atom is 0.435 e. The Hall–Kier alpha value is -2.49. The Labute approximate surface area is 168 Å². The fourth-order valence-corrected chi connectivity index (χ4v) is 5.34. The molecule has 0 radical (unpaired) electrons. The van der Waals surface area contributed by atoms with E-state index in [1.807, 2.05) is 0 Å². The van der Waals surface area contributed by atoms with Crippen molar-refractivity contribution in [2.45, 2.75) is 52.3 Å². The highest BCUT2D eigenvalue weighted by atomic mass is 32.1. The summed E-state index contributed by atoms with van der Waals surface area (Å²) in [4.78, 5) is 11.5. The van der Waals surface area contributed by atoms with E-state index in [4.69, 9.17) is 0 Å². The zero-order chi connectivity index (χ0) is 20.3. The molecule has 4 aromatic heterocycles. The molecule has 10 heteroatoms. The van der Waals surface area contributed by atoms with Gasteiger partial charge in [0.05, 0.1) is 5.39 Å². The highest BCUT2D eigenvalue weighted by molar-refractivity contribution is 7.19. The normalized spacial score (nSPS) is 17.3. The zero-order valence-corrected chi connectivity index (χ0v) is 16.8. The molecule has 0 aromatic carbocycles. The van der Waals surface area contributed by atoms with Gasteiger partial charge in [0.25, 0.3) is 0 Å². The van der Waals surface area contributed by atoms with Gasteiger partial charge in [0.1, 0.15) is 17.7 Å². The monoisotopic (exact) mass is 420 g/mol. The molecule has 0 amide bonds. The van der Waals surface area contributed by atoms with Gasteiger partial charge < -0.3 is 0 Å². The second kappa shape index (κ2) is 6.51. The van der Waals surface area contributed by atoms with Crippen molar-refractivity contribution in [2.24, 2.45) is 5.92 Å². The van der Waals surface area contributed by atoms with Crippen molar-refractivity contribution in [1.82, 2.24) is 29.4 Å². The molecular weight excluding hydrogens is 401 g/mol. The van der Waals surface area contributed by atoms with Crippen LogP contribution >= 0.6 is 11.3 Å². The molecule has 152 valence electrons. The fraction of sp³-hybridized carbons (Fsp3) is 0.474. The average molecular weight is 420 g/mol. The van der Waals surface area contributed by atoms with E-state index in [1.165, 1.54) is 21.5 Å². The first kappa shape index (κ1) is 18.5. The molecule has 4 aromatic rings. The number of alkyl halides is 3. The van der Waals surface area contributed by atoms with E-state index < -0.39 is 11.9 Å². The molecule has 0 bridgehead atoms. The van der Waals surface area contributed by atoms with Gasteiger partial charge in [-0.25, -0.2) is 14.5 Å². The van der Waals surface area contributed by atoms with Gasteiger partial charge in [0.15, 0.2) is 17.2 Å². The molecule has 0 fully saturated rings. The van der Waals surface area contributed by atoms with Gasteiger partial charge in [0, 0.05) is 10.6 Å². The maximum atomic E-state index is 12.9. The van der Waals surface area contributed by atoms with E-state index in [9.17, 15) is 13.2 Å². The standard InChI is InChI=1S/C19H19F3N6S/c1-3-11-4-5-12-13(7-11)29-18-16(12)17-24-15(26-28(17)9-23-18)8-27-10(2)6-14(25-27)19(20,21)22/h6,9,11H,3-5,7-8H2,1-2H3/t11-/m1/s1. The lowest BCUT2D eigenvalue weighted by Gasteiger charge is -2.20. The average Bonchev–Trinajstić information content (AvgIpc) is 3.35. The lowest BCUT2D eigenvalue weighted by molar-refractivity contribution is -0.141. The molecule has 0 N–H and O–H groups in total. The van der Waals surface area contributed by atoms with Crippen LogP contribution in [0.1, 0.15) is 47.4 Å². The quantitative estimate of drug-likeness (QED) is 0.492. The first-order valence-corrected chi connectivity index (χ1v) is 10.4. The van der Waals surface area contributed by atoms with Gasteiger partial charge in [-0.2, -0.15) is 18.3 Å². The van der Waals surface area contributed by atoms with Crippen molar-refractivity contribution in [3.8, 4) is 0 Å². The lowest BCUT2D eigenvalue weighted by Crippen LogP contribution is -2.11. The zero-order valence-electron chi connectivity index (χ0n) is 16.0. The van der Waals surface area contributed by atoms with Crippen LogP contribution in [0.25, 0.3) is 15.9 Å². The van der Waals surface area contributed by atoms with Crippen molar-refractivity contribution in [3.63, 3.8) is 0 Å². The molecule has 0 spiro atoms. The third-order valence-electron chi connectivity index (χ3n) is 5.67. The van der Waals surface area contributed by atoms with Gasteiger partial charge in [-0.1, -0.05) is 13.3 Å². The molecule has 0 aliphatic heterocycles. The predicted octanol–water partition coefficient (Wildman–Crippen LogP) is 4.43. The number of hydrogen-bond acceptors (Lipinski definition) is 5. The molecule has 0 saturated heterocycles. The minimum Gasteiger partial charge on any atom is -0.262 e. The Bertz CT molecular complexity index is 1220. The summed E-state index contributed by atoms with van der Waals surface area (Å²) in [6, 6.07) is 1.04. The summed E-state index contributed by atoms with van der Waals surface area (Å²) in [6.07, 6.45) is 1.57. The van der Waals surface area contributed by atoms with Crippen LogP contribution in [0.2, 0.25) is 0 Å². The number of aromatic nitrogens is 6. The minimum absolute atomic E-state index is 0.0787. The molecule has 0 saturated carbocycles. The summed E-state index contributed by atoms with van der Waals surface area (Å²) in [7, 11) is 0. The summed E-state index contributed by atoms with van der Waals surface area (Å²) >= 11 is 1.72. The lowest BCUT2D eigenvalue weighted by atomic mass is 9.86. The second-order valence-electron chi connectivity index (χ2n) is 7.57. The van der Waals surface area contributed by atoms with E-state index >= 15 is 0 Å². The van der Waals surface area contributed by atoms with Crippen LogP contribution in [0.5, 0.6) is 0 Å². The van der Waals surface area contributed by atoms with Crippen molar-refractivity contribution >= 4 is 27.2 Å². The Balaban J connectivity index is 1.55. The number of halogens is 3. The Morgan fingerprint density at radius 2 is 2.10 bits per heavy atom. The van der Waals surface area contributed by atoms with Crippen LogP contribution in [-0.2, 0) is 25.6 Å². The van der Waals surface area contributed by atoms with Gasteiger partial charge >= 0.3 is 6.18 Å². The first-order chi connectivity index (χ1) is 13.8. The molecule has 1 aliphatic rings. The number of hydrogen-bond donors (Lipinski definition) is 0. The Morgan fingerprint density at radius 3 is 2.83 bits per heavy atom. The Kier molecular flexibility index (Phi) is 4.16. The molecule has 29 heavy (non-hydrogen) atoms. The number of aryl methyl sites for hydroxylation is 2. The number of rotatable bonds is 3. The topological polar surface area (TPSA) is 60.9 Å². The summed E-state index contributed by atoms with van der Waals surface area (Å²) < 4.78 is 41.7. The van der Waals surface area contributed by atoms with Crippen molar-refractivity contribution < 1.29 is 13.2 Å². The van der Waals surface area contributed by atoms with Gasteiger partial charge in [0.2, 0.25) is 0 Å². The SMILES string of the molecule is CC[C@@H]1CCc2c(sc3ncn4nc(Cn5nc(C(F)(F)F)cc5C)nc4c23)C1. The van der Waals surface area contributed by atoms with Crippen LogP contribution in [0.4, 0.5) is 13.2 Å². The number of nitrogens with zero attached hydrogens (tertiary/aromatic N) is 6. The van der Waals surface area contributed by atoms with Crippen molar-refractivity contribution in [1.29, 1.82) is 0 Å². The summed E-state index contributed by atoms with van der Waals surface area (Å²) in [5.41, 5.74) is 1.54. The molecule has 5 rings (SSSR count). The summed E-state index contributed by atoms with van der Waals surface area (Å²) in [5, 5.41) is 9.15. The fourth-order valence-electron chi connectivity index (χ4n) is 4.05. The Morgan fingerprint density at radius 1 is 1.28 bits per heavy atom. The summed E-state index contributed by atoms with van der Waals surface area (Å²) in [5.74, 6) is 1.13. The maximum absolute atomic E-state index is 12.9. The van der Waals surface area contributed by atoms with Crippen molar-refractivity contribution in [3.05, 3.63) is 40.0 Å². The molecule has 6 nitrogen and oxygen atoms in total. The highest BCUT2D eigenvalue weighted by Crippen LogP contribution is 2.39. The molecule has 0 unspecified atom stereocenters. The molecule has 4 heterocycles. The third-order valence-corrected chi connectivity index (χ3v) is 6.83. The van der Waals surface area contributed by atoms with Crippen LogP contribution in [0, 0.1) is 12.8 Å². The van der Waals surface area contributed by atoms with E-state index in [-0.39, 0.29) is 6.54 Å². The van der Waals surface area contributed by atoms with E-state index in [0.29, 0.717) is 17.4 Å². The van der Waals surface area contributed by atoms with Crippen LogP contribution in [0.3, 0.4) is 0 Å². The third kappa shape index (κ3) is 3.09. The number of thiophene rings is 1. The van der Waals surface area contributed by atoms with Gasteiger partial charge in [-0.15, -0.1) is 16.4 Å². The predicted molar refractivity (Wildman–Crippen MR) is 103 cm³/mol. The van der Waals surface area contributed by atoms with Crippen LogP contribution < -0.4 is 0 Å². The van der Waals surface area contributed by atoms with Gasteiger partial charge in [-0.05, 0) is 43.7 Å². The molecular formula is C19H19F3N6S. The van der Waals surface area contributed by atoms with Gasteiger partial charge in [-0.3, -0.25) is 4.68 Å². The van der Waals surface area contributed by atoms with Crippen LogP contribution in [0.15, 0.2) is 12.4 Å². The largest absolute Gasteiger partial charge is 0.435 e.